The number of aryl methyl sites for hydroxylation is 2. The van der Waals surface area contributed by atoms with Crippen LogP contribution in [0.1, 0.15) is 96.8 Å². The molecule has 0 spiro atoms. The van der Waals surface area contributed by atoms with Crippen molar-refractivity contribution in [2.75, 3.05) is 13.1 Å². The molecule has 1 unspecified atom stereocenters. The van der Waals surface area contributed by atoms with Crippen molar-refractivity contribution in [2.24, 2.45) is 14.1 Å². The molecule has 0 saturated heterocycles. The zero-order chi connectivity index (χ0) is 24.8. The quantitative estimate of drug-likeness (QED) is 0.300. The minimum absolute atomic E-state index is 0.263. The molecule has 0 aliphatic carbocycles. The number of hydrogen-bond donors (Lipinski definition) is 2. The van der Waals surface area contributed by atoms with Crippen molar-refractivity contribution in [1.29, 1.82) is 0 Å². The summed E-state index contributed by atoms with van der Waals surface area (Å²) >= 11 is 0. The van der Waals surface area contributed by atoms with Gasteiger partial charge in [-0.25, -0.2) is 9.78 Å². The minimum Gasteiger partial charge on any atom is -0.392 e. The molecule has 2 heterocycles. The van der Waals surface area contributed by atoms with Crippen LogP contribution in [-0.2, 0) is 20.6 Å². The lowest BCUT2D eigenvalue weighted by Gasteiger charge is -2.12. The molecule has 8 nitrogen and oxygen atoms in total. The van der Waals surface area contributed by atoms with Gasteiger partial charge in [0.25, 0.3) is 5.56 Å². The van der Waals surface area contributed by atoms with Gasteiger partial charge in [0.1, 0.15) is 0 Å². The van der Waals surface area contributed by atoms with Gasteiger partial charge in [0.15, 0.2) is 11.2 Å². The second-order valence-corrected chi connectivity index (χ2v) is 9.72. The van der Waals surface area contributed by atoms with Gasteiger partial charge in [-0.1, -0.05) is 77.6 Å². The number of nitrogens with zero attached hydrogens (tertiary/aromatic N) is 4. The number of nitrogens with one attached hydrogen (secondary N) is 1. The van der Waals surface area contributed by atoms with Crippen molar-refractivity contribution in [3.63, 3.8) is 0 Å². The number of rotatable bonds is 19. The van der Waals surface area contributed by atoms with Crippen LogP contribution in [0.3, 0.4) is 0 Å². The zero-order valence-electron chi connectivity index (χ0n) is 21.7. The van der Waals surface area contributed by atoms with Crippen molar-refractivity contribution in [3.05, 3.63) is 27.2 Å². The van der Waals surface area contributed by atoms with E-state index in [-0.39, 0.29) is 17.4 Å². The number of aliphatic hydroxyl groups is 1. The number of aromatic nitrogens is 4. The van der Waals surface area contributed by atoms with Crippen molar-refractivity contribution >= 4 is 11.2 Å². The lowest BCUT2D eigenvalue weighted by molar-refractivity contribution is 0.158. The van der Waals surface area contributed by atoms with Crippen LogP contribution in [0.25, 0.3) is 11.2 Å². The SMILES string of the molecule is CCCCCCCCCCNCC(O)CCCCCCCn1c(=O)c2c(ncn2C)n(C)c1=O. The largest absolute Gasteiger partial charge is 0.392 e. The molecule has 0 bridgehead atoms. The Morgan fingerprint density at radius 3 is 2.24 bits per heavy atom. The van der Waals surface area contributed by atoms with Crippen molar-refractivity contribution in [3.8, 4) is 0 Å². The molecule has 0 fully saturated rings. The zero-order valence-corrected chi connectivity index (χ0v) is 21.7. The third-order valence-corrected chi connectivity index (χ3v) is 6.71. The molecule has 2 rings (SSSR count). The molecule has 34 heavy (non-hydrogen) atoms. The third kappa shape index (κ3) is 9.02. The molecular weight excluding hydrogens is 430 g/mol. The molecule has 0 amide bonds. The predicted octanol–water partition coefficient (Wildman–Crippen LogP) is 3.87. The lowest BCUT2D eigenvalue weighted by Crippen LogP contribution is -2.39. The lowest BCUT2D eigenvalue weighted by atomic mass is 10.1. The Bertz CT molecular complexity index is 946. The van der Waals surface area contributed by atoms with Crippen LogP contribution in [0, 0.1) is 0 Å². The summed E-state index contributed by atoms with van der Waals surface area (Å²) in [6.07, 6.45) is 17.6. The normalized spacial score (nSPS) is 12.6. The summed E-state index contributed by atoms with van der Waals surface area (Å²) in [6, 6.07) is 0. The Kier molecular flexibility index (Phi) is 13.2. The summed E-state index contributed by atoms with van der Waals surface area (Å²) in [4.78, 5) is 29.4. The van der Waals surface area contributed by atoms with Crippen LogP contribution in [-0.4, -0.2) is 43.0 Å². The Morgan fingerprint density at radius 1 is 0.912 bits per heavy atom. The van der Waals surface area contributed by atoms with Crippen LogP contribution >= 0.6 is 0 Å². The summed E-state index contributed by atoms with van der Waals surface area (Å²) in [5.41, 5.74) is 0.325. The van der Waals surface area contributed by atoms with Crippen LogP contribution in [0.5, 0.6) is 0 Å². The van der Waals surface area contributed by atoms with Gasteiger partial charge >= 0.3 is 5.69 Å². The molecule has 0 saturated carbocycles. The average molecular weight is 478 g/mol. The first-order chi connectivity index (χ1) is 16.5. The van der Waals surface area contributed by atoms with Crippen molar-refractivity contribution in [1.82, 2.24) is 24.0 Å². The number of imidazole rings is 1. The maximum atomic E-state index is 12.7. The van der Waals surface area contributed by atoms with Crippen molar-refractivity contribution in [2.45, 2.75) is 109 Å². The Labute approximate surface area is 204 Å². The molecule has 2 aromatic heterocycles. The first-order valence-corrected chi connectivity index (χ1v) is 13.5. The monoisotopic (exact) mass is 477 g/mol. The second kappa shape index (κ2) is 15.9. The van der Waals surface area contributed by atoms with Crippen LogP contribution in [0.15, 0.2) is 15.9 Å². The summed E-state index contributed by atoms with van der Waals surface area (Å²) in [5, 5.41) is 13.5. The second-order valence-electron chi connectivity index (χ2n) is 9.72. The van der Waals surface area contributed by atoms with Gasteiger partial charge in [0.05, 0.1) is 12.4 Å². The van der Waals surface area contributed by atoms with E-state index in [0.29, 0.717) is 24.3 Å². The topological polar surface area (TPSA) is 94.1 Å². The highest BCUT2D eigenvalue weighted by molar-refractivity contribution is 5.69. The van der Waals surface area contributed by atoms with E-state index in [1.807, 2.05) is 0 Å². The number of hydrogen-bond acceptors (Lipinski definition) is 5. The fraction of sp³-hybridized carbons (Fsp3) is 0.808. The highest BCUT2D eigenvalue weighted by atomic mass is 16.3. The molecule has 8 heteroatoms. The van der Waals surface area contributed by atoms with E-state index in [1.54, 1.807) is 25.0 Å². The fourth-order valence-electron chi connectivity index (χ4n) is 4.53. The van der Waals surface area contributed by atoms with Gasteiger partial charge in [0.2, 0.25) is 0 Å². The molecule has 2 N–H and O–H groups in total. The molecule has 2 aromatic rings. The minimum atomic E-state index is -0.307. The molecule has 194 valence electrons. The van der Waals surface area contributed by atoms with Gasteiger partial charge in [0, 0.05) is 27.2 Å². The van der Waals surface area contributed by atoms with E-state index in [9.17, 15) is 14.7 Å². The molecule has 0 aliphatic rings. The van der Waals surface area contributed by atoms with E-state index >= 15 is 0 Å². The van der Waals surface area contributed by atoms with Crippen LogP contribution in [0.4, 0.5) is 0 Å². The molecule has 1 atom stereocenters. The fourth-order valence-corrected chi connectivity index (χ4v) is 4.53. The maximum absolute atomic E-state index is 12.7. The van der Waals surface area contributed by atoms with Crippen LogP contribution < -0.4 is 16.6 Å². The van der Waals surface area contributed by atoms with Gasteiger partial charge in [-0.15, -0.1) is 0 Å². The smallest absolute Gasteiger partial charge is 0.332 e. The van der Waals surface area contributed by atoms with Gasteiger partial charge < -0.3 is 15.0 Å². The average Bonchev–Trinajstić information content (AvgIpc) is 3.21. The van der Waals surface area contributed by atoms with E-state index in [0.717, 1.165) is 45.1 Å². The predicted molar refractivity (Wildman–Crippen MR) is 139 cm³/mol. The van der Waals surface area contributed by atoms with Gasteiger partial charge in [-0.3, -0.25) is 13.9 Å². The summed E-state index contributed by atoms with van der Waals surface area (Å²) in [7, 11) is 3.43. The Morgan fingerprint density at radius 2 is 1.53 bits per heavy atom. The summed E-state index contributed by atoms with van der Waals surface area (Å²) in [6.45, 7) is 4.36. The first-order valence-electron chi connectivity index (χ1n) is 13.5. The molecule has 0 radical (unpaired) electrons. The first kappa shape index (κ1) is 28.3. The van der Waals surface area contributed by atoms with E-state index < -0.39 is 0 Å². The van der Waals surface area contributed by atoms with E-state index in [4.69, 9.17) is 0 Å². The Hall–Kier alpha value is -1.93. The van der Waals surface area contributed by atoms with Gasteiger partial charge in [-0.05, 0) is 25.8 Å². The maximum Gasteiger partial charge on any atom is 0.332 e. The van der Waals surface area contributed by atoms with Gasteiger partial charge in [-0.2, -0.15) is 0 Å². The summed E-state index contributed by atoms with van der Waals surface area (Å²) in [5.74, 6) is 0. The standard InChI is InChI=1S/C26H47N5O3/c1-4-5-6-7-8-9-12-15-18-27-20-22(32)17-14-11-10-13-16-19-31-25(33)23-24(28-21-29(23)2)30(3)26(31)34/h21-22,27,32H,4-20H2,1-3H3. The molecule has 0 aromatic carbocycles. The molecule has 0 aliphatic heterocycles. The number of unbranched alkanes of at least 4 members (excludes halogenated alkanes) is 11. The van der Waals surface area contributed by atoms with E-state index in [2.05, 4.69) is 17.2 Å². The summed E-state index contributed by atoms with van der Waals surface area (Å²) < 4.78 is 4.44. The Balaban J connectivity index is 1.50. The number of fused-ring (bicyclic) bond motifs is 1. The highest BCUT2D eigenvalue weighted by Gasteiger charge is 2.14. The molecular formula is C26H47N5O3. The van der Waals surface area contributed by atoms with Crippen LogP contribution in [0.2, 0.25) is 0 Å². The third-order valence-electron chi connectivity index (χ3n) is 6.71. The van der Waals surface area contributed by atoms with E-state index in [1.165, 1.54) is 60.5 Å². The number of aliphatic hydroxyl groups excluding tert-OH is 1. The van der Waals surface area contributed by atoms with Crippen molar-refractivity contribution < 1.29 is 5.11 Å². The highest BCUT2D eigenvalue weighted by Crippen LogP contribution is 2.10.